The van der Waals surface area contributed by atoms with E-state index in [1.165, 1.54) is 12.1 Å². The molecule has 0 amide bonds. The summed E-state index contributed by atoms with van der Waals surface area (Å²) in [6.45, 7) is 1.93. The van der Waals surface area contributed by atoms with Gasteiger partial charge in [0.2, 0.25) is 0 Å². The van der Waals surface area contributed by atoms with E-state index in [0.717, 1.165) is 12.1 Å². The second-order valence-electron chi connectivity index (χ2n) is 4.34. The fourth-order valence-electron chi connectivity index (χ4n) is 1.96. The van der Waals surface area contributed by atoms with Gasteiger partial charge in [0, 0.05) is 0 Å². The van der Waals surface area contributed by atoms with Crippen molar-refractivity contribution < 1.29 is 22.7 Å². The maximum Gasteiger partial charge on any atom is 0.416 e. The van der Waals surface area contributed by atoms with Crippen LogP contribution in [0, 0.1) is 0 Å². The Morgan fingerprint density at radius 1 is 1.05 bits per heavy atom. The summed E-state index contributed by atoms with van der Waals surface area (Å²) >= 11 is 0. The molecule has 0 N–H and O–H groups in total. The predicted octanol–water partition coefficient (Wildman–Crippen LogP) is 4.55. The van der Waals surface area contributed by atoms with E-state index in [2.05, 4.69) is 0 Å². The monoisotopic (exact) mass is 294 g/mol. The molecule has 0 aliphatic carbocycles. The zero-order valence-corrected chi connectivity index (χ0v) is 11.3. The van der Waals surface area contributed by atoms with Crippen LogP contribution in [0.2, 0.25) is 0 Å². The van der Waals surface area contributed by atoms with Gasteiger partial charge in [-0.15, -0.1) is 0 Å². The first kappa shape index (κ1) is 15.1. The van der Waals surface area contributed by atoms with E-state index in [1.54, 1.807) is 31.2 Å². The molecule has 0 saturated carbocycles. The number of alkyl halides is 3. The average Bonchev–Trinajstić information content (AvgIpc) is 2.47. The highest BCUT2D eigenvalue weighted by Gasteiger charge is 2.30. The van der Waals surface area contributed by atoms with Gasteiger partial charge < -0.3 is 4.74 Å². The van der Waals surface area contributed by atoms with Gasteiger partial charge in [-0.25, -0.2) is 4.79 Å². The number of carbonyl (C=O) groups excluding carboxylic acids is 1. The van der Waals surface area contributed by atoms with Crippen molar-refractivity contribution in [2.75, 3.05) is 6.61 Å². The summed E-state index contributed by atoms with van der Waals surface area (Å²) in [5.41, 5.74) is 0.690. The minimum atomic E-state index is -4.38. The normalized spacial score (nSPS) is 11.2. The third-order valence-electron chi connectivity index (χ3n) is 2.95. The number of hydrogen-bond donors (Lipinski definition) is 0. The van der Waals surface area contributed by atoms with Gasteiger partial charge in [0.15, 0.2) is 0 Å². The second kappa shape index (κ2) is 5.99. The minimum Gasteiger partial charge on any atom is -0.462 e. The molecule has 0 unspecified atom stereocenters. The highest BCUT2D eigenvalue weighted by atomic mass is 19.4. The van der Waals surface area contributed by atoms with Crippen molar-refractivity contribution in [3.05, 3.63) is 59.7 Å². The highest BCUT2D eigenvalue weighted by Crippen LogP contribution is 2.31. The number of rotatable bonds is 3. The topological polar surface area (TPSA) is 26.3 Å². The standard InChI is InChI=1S/C16H13F3O2/c1-2-21-15(20)14-6-4-3-5-13(14)11-7-9-12(10-8-11)16(17,18)19/h3-10H,2H2,1H3. The largest absolute Gasteiger partial charge is 0.462 e. The van der Waals surface area contributed by atoms with Crippen LogP contribution in [0.3, 0.4) is 0 Å². The maximum absolute atomic E-state index is 12.6. The summed E-state index contributed by atoms with van der Waals surface area (Å²) in [5, 5.41) is 0. The summed E-state index contributed by atoms with van der Waals surface area (Å²) in [7, 11) is 0. The van der Waals surface area contributed by atoms with Gasteiger partial charge in [0.05, 0.1) is 17.7 Å². The van der Waals surface area contributed by atoms with Gasteiger partial charge in [-0.1, -0.05) is 30.3 Å². The SMILES string of the molecule is CCOC(=O)c1ccccc1-c1ccc(C(F)(F)F)cc1. The summed E-state index contributed by atoms with van der Waals surface area (Å²) in [6, 6.07) is 11.4. The van der Waals surface area contributed by atoms with Crippen LogP contribution < -0.4 is 0 Å². The van der Waals surface area contributed by atoms with Crippen molar-refractivity contribution in [2.45, 2.75) is 13.1 Å². The fraction of sp³-hybridized carbons (Fsp3) is 0.188. The van der Waals surface area contributed by atoms with Crippen LogP contribution in [0.15, 0.2) is 48.5 Å². The van der Waals surface area contributed by atoms with Crippen molar-refractivity contribution in [1.29, 1.82) is 0 Å². The van der Waals surface area contributed by atoms with Gasteiger partial charge in [-0.05, 0) is 36.2 Å². The molecule has 0 bridgehead atoms. The van der Waals surface area contributed by atoms with Crippen molar-refractivity contribution in [3.8, 4) is 11.1 Å². The van der Waals surface area contributed by atoms with Crippen LogP contribution in [-0.2, 0) is 10.9 Å². The van der Waals surface area contributed by atoms with Gasteiger partial charge in [0.1, 0.15) is 0 Å². The summed E-state index contributed by atoms with van der Waals surface area (Å²) in [5.74, 6) is -0.493. The summed E-state index contributed by atoms with van der Waals surface area (Å²) in [6.07, 6.45) is -4.38. The van der Waals surface area contributed by atoms with E-state index in [4.69, 9.17) is 4.74 Å². The molecule has 2 aromatic carbocycles. The van der Waals surface area contributed by atoms with E-state index in [1.807, 2.05) is 0 Å². The van der Waals surface area contributed by atoms with E-state index in [0.29, 0.717) is 16.7 Å². The molecule has 2 rings (SSSR count). The Hall–Kier alpha value is -2.30. The lowest BCUT2D eigenvalue weighted by molar-refractivity contribution is -0.137. The molecule has 21 heavy (non-hydrogen) atoms. The third-order valence-corrected chi connectivity index (χ3v) is 2.95. The molecule has 0 aliphatic rings. The van der Waals surface area contributed by atoms with Crippen LogP contribution in [0.5, 0.6) is 0 Å². The number of ether oxygens (including phenoxy) is 1. The molecule has 0 spiro atoms. The lowest BCUT2D eigenvalue weighted by Crippen LogP contribution is -2.07. The molecule has 0 aliphatic heterocycles. The molecular weight excluding hydrogens is 281 g/mol. The quantitative estimate of drug-likeness (QED) is 0.776. The van der Waals surface area contributed by atoms with Crippen molar-refractivity contribution in [1.82, 2.24) is 0 Å². The fourth-order valence-corrected chi connectivity index (χ4v) is 1.96. The van der Waals surface area contributed by atoms with Gasteiger partial charge in [0.25, 0.3) is 0 Å². The van der Waals surface area contributed by atoms with Crippen LogP contribution in [0.4, 0.5) is 13.2 Å². The molecule has 0 fully saturated rings. The smallest absolute Gasteiger partial charge is 0.416 e. The first-order chi connectivity index (χ1) is 9.93. The van der Waals surface area contributed by atoms with Crippen LogP contribution in [0.1, 0.15) is 22.8 Å². The molecule has 0 heterocycles. The number of benzene rings is 2. The van der Waals surface area contributed by atoms with Crippen molar-refractivity contribution >= 4 is 5.97 Å². The van der Waals surface area contributed by atoms with E-state index < -0.39 is 17.7 Å². The molecule has 2 aromatic rings. The molecular formula is C16H13F3O2. The van der Waals surface area contributed by atoms with E-state index in [-0.39, 0.29) is 6.61 Å². The van der Waals surface area contributed by atoms with Crippen LogP contribution in [0.25, 0.3) is 11.1 Å². The Kier molecular flexibility index (Phi) is 4.31. The number of halogens is 3. The Bertz CT molecular complexity index is 631. The van der Waals surface area contributed by atoms with E-state index >= 15 is 0 Å². The maximum atomic E-state index is 12.6. The zero-order valence-electron chi connectivity index (χ0n) is 11.3. The Morgan fingerprint density at radius 3 is 2.24 bits per heavy atom. The molecule has 2 nitrogen and oxygen atoms in total. The molecule has 5 heteroatoms. The Balaban J connectivity index is 2.41. The first-order valence-electron chi connectivity index (χ1n) is 6.37. The number of carbonyl (C=O) groups is 1. The molecule has 0 aromatic heterocycles. The van der Waals surface area contributed by atoms with Crippen molar-refractivity contribution in [3.63, 3.8) is 0 Å². The van der Waals surface area contributed by atoms with Gasteiger partial charge >= 0.3 is 12.1 Å². The second-order valence-corrected chi connectivity index (χ2v) is 4.34. The van der Waals surface area contributed by atoms with E-state index in [9.17, 15) is 18.0 Å². The summed E-state index contributed by atoms with van der Waals surface area (Å²) in [4.78, 5) is 11.9. The molecule has 0 saturated heterocycles. The Labute approximate surface area is 120 Å². The third kappa shape index (κ3) is 3.42. The first-order valence-corrected chi connectivity index (χ1v) is 6.37. The van der Waals surface area contributed by atoms with Crippen LogP contribution >= 0.6 is 0 Å². The number of hydrogen-bond acceptors (Lipinski definition) is 2. The predicted molar refractivity (Wildman–Crippen MR) is 72.8 cm³/mol. The molecule has 0 atom stereocenters. The van der Waals surface area contributed by atoms with Gasteiger partial charge in [-0.3, -0.25) is 0 Å². The molecule has 110 valence electrons. The van der Waals surface area contributed by atoms with Gasteiger partial charge in [-0.2, -0.15) is 13.2 Å². The highest BCUT2D eigenvalue weighted by molar-refractivity contribution is 5.97. The number of esters is 1. The lowest BCUT2D eigenvalue weighted by Gasteiger charge is -2.11. The summed E-state index contributed by atoms with van der Waals surface area (Å²) < 4.78 is 42.6. The minimum absolute atomic E-state index is 0.236. The lowest BCUT2D eigenvalue weighted by atomic mass is 9.98. The Morgan fingerprint density at radius 2 is 1.67 bits per heavy atom. The van der Waals surface area contributed by atoms with Crippen LogP contribution in [-0.4, -0.2) is 12.6 Å². The zero-order chi connectivity index (χ0) is 15.5. The van der Waals surface area contributed by atoms with Crippen molar-refractivity contribution in [2.24, 2.45) is 0 Å². The average molecular weight is 294 g/mol. The molecule has 0 radical (unpaired) electrons.